The summed E-state index contributed by atoms with van der Waals surface area (Å²) in [6.45, 7) is 14.5. The minimum Gasteiger partial charge on any atom is -0.381 e. The molecule has 2 heterocycles. The Labute approximate surface area is 111 Å². The fraction of sp³-hybridized carbons (Fsp3) is 1.00. The molecule has 0 saturated carbocycles. The van der Waals surface area contributed by atoms with Crippen molar-refractivity contribution in [2.45, 2.75) is 32.8 Å². The predicted octanol–water partition coefficient (Wildman–Crippen LogP) is 1.11. The Balaban J connectivity index is 1.92. The van der Waals surface area contributed by atoms with Crippen LogP contribution < -0.4 is 5.32 Å². The van der Waals surface area contributed by atoms with E-state index in [0.29, 0.717) is 5.41 Å². The minimum atomic E-state index is -0.00289. The summed E-state index contributed by atoms with van der Waals surface area (Å²) in [5.41, 5.74) is 0.306. The van der Waals surface area contributed by atoms with Gasteiger partial charge in [0.2, 0.25) is 0 Å². The number of hydrogen-bond acceptors (Lipinski definition) is 4. The topological polar surface area (TPSA) is 33.7 Å². The van der Waals surface area contributed by atoms with Crippen LogP contribution in [0.3, 0.4) is 0 Å². The van der Waals surface area contributed by atoms with Gasteiger partial charge in [0, 0.05) is 38.2 Å². The molecule has 0 aliphatic carbocycles. The number of nitrogens with one attached hydrogen (secondary N) is 1. The highest BCUT2D eigenvalue weighted by Gasteiger charge is 2.38. The van der Waals surface area contributed by atoms with Crippen LogP contribution >= 0.6 is 0 Å². The van der Waals surface area contributed by atoms with Gasteiger partial charge in [0.1, 0.15) is 0 Å². The van der Waals surface area contributed by atoms with Crippen LogP contribution in [0.5, 0.6) is 0 Å². The third-order valence-electron chi connectivity index (χ3n) is 4.00. The first-order valence-corrected chi connectivity index (χ1v) is 7.20. The molecule has 1 atom stereocenters. The fourth-order valence-electron chi connectivity index (χ4n) is 3.08. The zero-order valence-electron chi connectivity index (χ0n) is 12.1. The molecule has 2 aliphatic rings. The summed E-state index contributed by atoms with van der Waals surface area (Å²) >= 11 is 0. The summed E-state index contributed by atoms with van der Waals surface area (Å²) in [5.74, 6) is 0. The molecule has 0 bridgehead atoms. The summed E-state index contributed by atoms with van der Waals surface area (Å²) < 4.78 is 11.4. The average molecular weight is 256 g/mol. The van der Waals surface area contributed by atoms with Crippen molar-refractivity contribution >= 4 is 0 Å². The number of rotatable bonds is 5. The first-order valence-electron chi connectivity index (χ1n) is 7.20. The van der Waals surface area contributed by atoms with Crippen LogP contribution in [0.1, 0.15) is 27.2 Å². The normalized spacial score (nSPS) is 32.8. The van der Waals surface area contributed by atoms with Crippen molar-refractivity contribution < 1.29 is 9.47 Å². The number of hydrogen-bond donors (Lipinski definition) is 1. The summed E-state index contributed by atoms with van der Waals surface area (Å²) in [5, 5.41) is 3.50. The Bertz CT molecular complexity index is 263. The molecule has 2 aliphatic heterocycles. The Hall–Kier alpha value is -0.160. The van der Waals surface area contributed by atoms with Gasteiger partial charge in [0.05, 0.1) is 18.8 Å². The molecule has 1 N–H and O–H groups in total. The molecular weight excluding hydrogens is 228 g/mol. The minimum absolute atomic E-state index is 0.00289. The van der Waals surface area contributed by atoms with Gasteiger partial charge in [-0.25, -0.2) is 0 Å². The first-order chi connectivity index (χ1) is 8.55. The molecule has 0 aromatic rings. The molecule has 18 heavy (non-hydrogen) atoms. The van der Waals surface area contributed by atoms with E-state index < -0.39 is 0 Å². The van der Waals surface area contributed by atoms with Crippen LogP contribution in [0.15, 0.2) is 0 Å². The van der Waals surface area contributed by atoms with Crippen molar-refractivity contribution in [3.8, 4) is 0 Å². The summed E-state index contributed by atoms with van der Waals surface area (Å²) in [6, 6.07) is 0. The van der Waals surface area contributed by atoms with Gasteiger partial charge >= 0.3 is 0 Å². The number of morpholine rings is 1. The molecule has 0 spiro atoms. The van der Waals surface area contributed by atoms with E-state index in [4.69, 9.17) is 9.47 Å². The highest BCUT2D eigenvalue weighted by Crippen LogP contribution is 2.30. The monoisotopic (exact) mass is 256 g/mol. The Morgan fingerprint density at radius 3 is 2.72 bits per heavy atom. The van der Waals surface area contributed by atoms with Crippen molar-refractivity contribution in [1.82, 2.24) is 10.2 Å². The molecule has 0 aromatic heterocycles. The van der Waals surface area contributed by atoms with Gasteiger partial charge in [0.25, 0.3) is 0 Å². The quantitative estimate of drug-likeness (QED) is 0.799. The van der Waals surface area contributed by atoms with Crippen LogP contribution in [0.4, 0.5) is 0 Å². The molecule has 106 valence electrons. The van der Waals surface area contributed by atoms with Gasteiger partial charge in [-0.05, 0) is 26.8 Å². The van der Waals surface area contributed by atoms with Gasteiger partial charge in [-0.15, -0.1) is 0 Å². The van der Waals surface area contributed by atoms with Gasteiger partial charge in [-0.3, -0.25) is 4.90 Å². The molecule has 0 radical (unpaired) electrons. The average Bonchev–Trinajstić information content (AvgIpc) is 2.74. The van der Waals surface area contributed by atoms with Crippen molar-refractivity contribution in [2.75, 3.05) is 52.5 Å². The van der Waals surface area contributed by atoms with Crippen LogP contribution in [-0.2, 0) is 9.47 Å². The molecule has 1 unspecified atom stereocenters. The maximum absolute atomic E-state index is 5.79. The van der Waals surface area contributed by atoms with E-state index in [0.717, 1.165) is 52.5 Å². The third-order valence-corrected chi connectivity index (χ3v) is 4.00. The van der Waals surface area contributed by atoms with E-state index in [-0.39, 0.29) is 5.60 Å². The predicted molar refractivity (Wildman–Crippen MR) is 72.9 cm³/mol. The second-order valence-corrected chi connectivity index (χ2v) is 6.40. The summed E-state index contributed by atoms with van der Waals surface area (Å²) in [4.78, 5) is 2.55. The first kappa shape index (κ1) is 14.3. The maximum atomic E-state index is 5.79. The Morgan fingerprint density at radius 2 is 2.11 bits per heavy atom. The fourth-order valence-corrected chi connectivity index (χ4v) is 3.08. The second-order valence-electron chi connectivity index (χ2n) is 6.40. The van der Waals surface area contributed by atoms with Crippen LogP contribution in [0, 0.1) is 5.41 Å². The molecule has 4 heteroatoms. The Morgan fingerprint density at radius 1 is 1.28 bits per heavy atom. The maximum Gasteiger partial charge on any atom is 0.0753 e. The van der Waals surface area contributed by atoms with Crippen molar-refractivity contribution in [3.63, 3.8) is 0 Å². The zero-order valence-corrected chi connectivity index (χ0v) is 12.1. The van der Waals surface area contributed by atoms with Gasteiger partial charge in [0.15, 0.2) is 0 Å². The van der Waals surface area contributed by atoms with Gasteiger partial charge in [-0.1, -0.05) is 6.92 Å². The number of ether oxygens (including phenoxy) is 2. The summed E-state index contributed by atoms with van der Waals surface area (Å²) in [6.07, 6.45) is 1.18. The lowest BCUT2D eigenvalue weighted by Crippen LogP contribution is -2.53. The molecule has 2 fully saturated rings. The van der Waals surface area contributed by atoms with Crippen molar-refractivity contribution in [1.29, 1.82) is 0 Å². The van der Waals surface area contributed by atoms with E-state index in [1.54, 1.807) is 0 Å². The lowest BCUT2D eigenvalue weighted by atomic mass is 9.86. The van der Waals surface area contributed by atoms with E-state index in [2.05, 4.69) is 31.0 Å². The van der Waals surface area contributed by atoms with Crippen LogP contribution in [-0.4, -0.2) is 63.0 Å². The summed E-state index contributed by atoms with van der Waals surface area (Å²) in [7, 11) is 0. The largest absolute Gasteiger partial charge is 0.381 e. The van der Waals surface area contributed by atoms with E-state index >= 15 is 0 Å². The highest BCUT2D eigenvalue weighted by atomic mass is 16.5. The lowest BCUT2D eigenvalue weighted by Gasteiger charge is -2.42. The van der Waals surface area contributed by atoms with Crippen LogP contribution in [0.25, 0.3) is 0 Å². The smallest absolute Gasteiger partial charge is 0.0753 e. The molecular formula is C14H28N2O2. The molecule has 0 amide bonds. The lowest BCUT2D eigenvalue weighted by molar-refractivity contribution is -0.0945. The van der Waals surface area contributed by atoms with Crippen molar-refractivity contribution in [2.24, 2.45) is 5.41 Å². The van der Waals surface area contributed by atoms with E-state index in [1.807, 2.05) is 0 Å². The molecule has 0 aromatic carbocycles. The molecule has 4 nitrogen and oxygen atoms in total. The SMILES string of the molecule is CCNCC1(CN2CCOC(C)(C)C2)CCOC1. The highest BCUT2D eigenvalue weighted by molar-refractivity contribution is 4.91. The second kappa shape index (κ2) is 5.87. The van der Waals surface area contributed by atoms with Gasteiger partial charge < -0.3 is 14.8 Å². The van der Waals surface area contributed by atoms with Gasteiger partial charge in [-0.2, -0.15) is 0 Å². The van der Waals surface area contributed by atoms with Crippen molar-refractivity contribution in [3.05, 3.63) is 0 Å². The molecule has 2 saturated heterocycles. The number of nitrogens with zero attached hydrogens (tertiary/aromatic N) is 1. The third kappa shape index (κ3) is 3.67. The van der Waals surface area contributed by atoms with E-state index in [9.17, 15) is 0 Å². The standard InChI is InChI=1S/C14H28N2O2/c1-4-15-9-14(5-7-17-12-14)11-16-6-8-18-13(2,3)10-16/h15H,4-12H2,1-3H3. The molecule has 2 rings (SSSR count). The Kier molecular flexibility index (Phi) is 4.64. The zero-order chi connectivity index (χ0) is 13.1. The van der Waals surface area contributed by atoms with Crippen LogP contribution in [0.2, 0.25) is 0 Å². The van der Waals surface area contributed by atoms with E-state index in [1.165, 1.54) is 6.42 Å².